The molecule has 0 bridgehead atoms. The summed E-state index contributed by atoms with van der Waals surface area (Å²) in [5.74, 6) is 0.825. The minimum absolute atomic E-state index is 0.825. The van der Waals surface area contributed by atoms with Gasteiger partial charge < -0.3 is 0 Å². The topological polar surface area (TPSA) is 12.4 Å². The Hall–Kier alpha value is -0.500. The molecule has 0 atom stereocenters. The molecule has 14 heavy (non-hydrogen) atoms. The van der Waals surface area contributed by atoms with E-state index in [4.69, 9.17) is 0 Å². The van der Waals surface area contributed by atoms with Gasteiger partial charge in [-0.3, -0.25) is 4.99 Å². The summed E-state index contributed by atoms with van der Waals surface area (Å²) >= 11 is 1.84. The van der Waals surface area contributed by atoms with E-state index in [0.29, 0.717) is 0 Å². The van der Waals surface area contributed by atoms with Crippen molar-refractivity contribution >= 4 is 16.8 Å². The highest BCUT2D eigenvalue weighted by molar-refractivity contribution is 8.17. The molecule has 1 saturated carbocycles. The van der Waals surface area contributed by atoms with E-state index < -0.39 is 0 Å². The molecule has 0 heterocycles. The molecule has 0 radical (unpaired) electrons. The number of allylic oxidation sites excluding steroid dienone is 3. The maximum Gasteiger partial charge on any atom is 0.0971 e. The number of hydrogen-bond donors (Lipinski definition) is 0. The third-order valence-corrected chi connectivity index (χ3v) is 3.95. The smallest absolute Gasteiger partial charge is 0.0971 e. The summed E-state index contributed by atoms with van der Waals surface area (Å²) in [5.41, 5.74) is 1.28. The Morgan fingerprint density at radius 1 is 1.29 bits per heavy atom. The monoisotopic (exact) mass is 209 g/mol. The van der Waals surface area contributed by atoms with Gasteiger partial charge in [0.15, 0.2) is 0 Å². The van der Waals surface area contributed by atoms with Crippen LogP contribution in [0.1, 0.15) is 33.6 Å². The lowest BCUT2D eigenvalue weighted by Crippen LogP contribution is -1.96. The van der Waals surface area contributed by atoms with Crippen LogP contribution in [0.3, 0.4) is 0 Å². The van der Waals surface area contributed by atoms with Crippen molar-refractivity contribution in [3.05, 3.63) is 22.6 Å². The fraction of sp³-hybridized carbons (Fsp3) is 0.583. The molecule has 0 aromatic carbocycles. The zero-order chi connectivity index (χ0) is 10.6. The van der Waals surface area contributed by atoms with Gasteiger partial charge >= 0.3 is 0 Å². The molecule has 1 nitrogen and oxygen atoms in total. The second kappa shape index (κ2) is 5.40. The second-order valence-electron chi connectivity index (χ2n) is 3.57. The SMILES string of the molecule is C/C=C(\SC(=N\C)/C(C)=C/C)C1CC1. The van der Waals surface area contributed by atoms with Crippen LogP contribution in [-0.4, -0.2) is 12.1 Å². The number of nitrogens with zero attached hydrogens (tertiary/aromatic N) is 1. The van der Waals surface area contributed by atoms with Gasteiger partial charge in [-0.1, -0.05) is 23.9 Å². The fourth-order valence-corrected chi connectivity index (χ4v) is 2.40. The van der Waals surface area contributed by atoms with Crippen LogP contribution in [0.2, 0.25) is 0 Å². The van der Waals surface area contributed by atoms with Gasteiger partial charge in [0.1, 0.15) is 0 Å². The van der Waals surface area contributed by atoms with Gasteiger partial charge in [0.05, 0.1) is 5.04 Å². The highest BCUT2D eigenvalue weighted by Gasteiger charge is 2.26. The van der Waals surface area contributed by atoms with E-state index in [1.165, 1.54) is 23.3 Å². The Labute approximate surface area is 91.4 Å². The molecule has 0 aromatic heterocycles. The zero-order valence-corrected chi connectivity index (χ0v) is 10.3. The highest BCUT2D eigenvalue weighted by Crippen LogP contribution is 2.43. The van der Waals surface area contributed by atoms with Crippen LogP contribution >= 0.6 is 11.8 Å². The van der Waals surface area contributed by atoms with E-state index >= 15 is 0 Å². The standard InChI is InChI=1S/C12H19NS/c1-5-9(3)12(13-4)14-11(6-2)10-7-8-10/h5-6,10H,7-8H2,1-4H3/b9-5+,11-6-,13-12-. The van der Waals surface area contributed by atoms with Crippen LogP contribution in [0.4, 0.5) is 0 Å². The number of hydrogen-bond acceptors (Lipinski definition) is 2. The van der Waals surface area contributed by atoms with Crippen LogP contribution in [0, 0.1) is 5.92 Å². The van der Waals surface area contributed by atoms with Crippen molar-refractivity contribution in [2.24, 2.45) is 10.9 Å². The van der Waals surface area contributed by atoms with Gasteiger partial charge in [0, 0.05) is 7.05 Å². The van der Waals surface area contributed by atoms with Crippen LogP contribution in [0.5, 0.6) is 0 Å². The Bertz CT molecular complexity index is 283. The van der Waals surface area contributed by atoms with Gasteiger partial charge in [-0.2, -0.15) is 0 Å². The first kappa shape index (κ1) is 11.6. The first-order chi connectivity index (χ1) is 6.72. The quantitative estimate of drug-likeness (QED) is 0.505. The van der Waals surface area contributed by atoms with Crippen LogP contribution in [0.15, 0.2) is 27.6 Å². The van der Waals surface area contributed by atoms with Gasteiger partial charge in [0.2, 0.25) is 0 Å². The lowest BCUT2D eigenvalue weighted by Gasteiger charge is -2.07. The summed E-state index contributed by atoms with van der Waals surface area (Å²) in [5, 5.41) is 1.16. The Morgan fingerprint density at radius 3 is 2.29 bits per heavy atom. The molecular weight excluding hydrogens is 190 g/mol. The summed E-state index contributed by atoms with van der Waals surface area (Å²) in [6, 6.07) is 0. The lowest BCUT2D eigenvalue weighted by molar-refractivity contribution is 1.09. The predicted molar refractivity (Wildman–Crippen MR) is 66.9 cm³/mol. The maximum absolute atomic E-state index is 4.33. The highest BCUT2D eigenvalue weighted by atomic mass is 32.2. The molecule has 0 spiro atoms. The Morgan fingerprint density at radius 2 is 1.93 bits per heavy atom. The lowest BCUT2D eigenvalue weighted by atomic mass is 10.3. The van der Waals surface area contributed by atoms with E-state index in [0.717, 1.165) is 11.0 Å². The van der Waals surface area contributed by atoms with Gasteiger partial charge in [-0.05, 0) is 50.0 Å². The number of aliphatic imine (C=N–C) groups is 1. The van der Waals surface area contributed by atoms with Crippen molar-refractivity contribution in [2.45, 2.75) is 33.6 Å². The first-order valence-corrected chi connectivity index (χ1v) is 5.98. The molecule has 0 saturated heterocycles. The minimum atomic E-state index is 0.825. The molecule has 0 unspecified atom stereocenters. The van der Waals surface area contributed by atoms with Crippen molar-refractivity contribution in [1.29, 1.82) is 0 Å². The first-order valence-electron chi connectivity index (χ1n) is 5.17. The van der Waals surface area contributed by atoms with E-state index in [1.54, 1.807) is 0 Å². The number of thioether (sulfide) groups is 1. The van der Waals surface area contributed by atoms with E-state index in [-0.39, 0.29) is 0 Å². The largest absolute Gasteiger partial charge is 0.281 e. The molecule has 0 amide bonds. The molecule has 78 valence electrons. The third-order valence-electron chi connectivity index (χ3n) is 2.45. The molecule has 2 heteroatoms. The molecular formula is C12H19NS. The van der Waals surface area contributed by atoms with E-state index in [9.17, 15) is 0 Å². The van der Waals surface area contributed by atoms with Crippen molar-refractivity contribution in [2.75, 3.05) is 7.05 Å². The summed E-state index contributed by atoms with van der Waals surface area (Å²) in [7, 11) is 1.87. The molecule has 1 fully saturated rings. The normalized spacial score (nSPS) is 20.1. The van der Waals surface area contributed by atoms with Crippen molar-refractivity contribution in [1.82, 2.24) is 0 Å². The van der Waals surface area contributed by atoms with Gasteiger partial charge in [-0.25, -0.2) is 0 Å². The average Bonchev–Trinajstić information content (AvgIpc) is 3.02. The minimum Gasteiger partial charge on any atom is -0.281 e. The van der Waals surface area contributed by atoms with Gasteiger partial charge in [0.25, 0.3) is 0 Å². The summed E-state index contributed by atoms with van der Waals surface area (Å²) < 4.78 is 0. The van der Waals surface area contributed by atoms with E-state index in [2.05, 4.69) is 37.9 Å². The predicted octanol–water partition coefficient (Wildman–Crippen LogP) is 4.03. The molecule has 0 aliphatic heterocycles. The van der Waals surface area contributed by atoms with Crippen LogP contribution in [0.25, 0.3) is 0 Å². The Balaban J connectivity index is 2.64. The Kier molecular flexibility index (Phi) is 4.46. The molecule has 1 aliphatic rings. The van der Waals surface area contributed by atoms with Crippen LogP contribution < -0.4 is 0 Å². The molecule has 0 N–H and O–H groups in total. The average molecular weight is 209 g/mol. The maximum atomic E-state index is 4.33. The molecule has 1 aliphatic carbocycles. The fourth-order valence-electron chi connectivity index (χ4n) is 1.28. The summed E-state index contributed by atoms with van der Waals surface area (Å²) in [6.07, 6.45) is 7.07. The van der Waals surface area contributed by atoms with Crippen molar-refractivity contribution in [3.8, 4) is 0 Å². The summed E-state index contributed by atoms with van der Waals surface area (Å²) in [4.78, 5) is 5.82. The van der Waals surface area contributed by atoms with Gasteiger partial charge in [-0.15, -0.1) is 0 Å². The molecule has 0 aromatic rings. The second-order valence-corrected chi connectivity index (χ2v) is 4.63. The summed E-state index contributed by atoms with van der Waals surface area (Å²) in [6.45, 7) is 6.31. The molecule has 1 rings (SSSR count). The number of rotatable bonds is 3. The zero-order valence-electron chi connectivity index (χ0n) is 9.50. The van der Waals surface area contributed by atoms with E-state index in [1.807, 2.05) is 18.8 Å². The van der Waals surface area contributed by atoms with Crippen molar-refractivity contribution < 1.29 is 0 Å². The van der Waals surface area contributed by atoms with Crippen LogP contribution in [-0.2, 0) is 0 Å². The van der Waals surface area contributed by atoms with Crippen molar-refractivity contribution in [3.63, 3.8) is 0 Å². The third kappa shape index (κ3) is 3.02.